The van der Waals surface area contributed by atoms with Crippen LogP contribution in [0.25, 0.3) is 44.6 Å². The van der Waals surface area contributed by atoms with Crippen molar-refractivity contribution in [3.05, 3.63) is 108 Å². The van der Waals surface area contributed by atoms with Crippen molar-refractivity contribution < 1.29 is 0 Å². The zero-order chi connectivity index (χ0) is 22.4. The van der Waals surface area contributed by atoms with Gasteiger partial charge in [0.1, 0.15) is 11.6 Å². The Morgan fingerprint density at radius 1 is 0.697 bits per heavy atom. The molecule has 0 saturated heterocycles. The van der Waals surface area contributed by atoms with Crippen molar-refractivity contribution in [1.82, 2.24) is 19.5 Å². The van der Waals surface area contributed by atoms with Crippen molar-refractivity contribution in [2.75, 3.05) is 0 Å². The fourth-order valence-corrected chi connectivity index (χ4v) is 4.51. The molecule has 0 radical (unpaired) electrons. The molecule has 0 saturated carbocycles. The Labute approximate surface area is 192 Å². The summed E-state index contributed by atoms with van der Waals surface area (Å²) in [5, 5.41) is 0. The zero-order valence-corrected chi connectivity index (χ0v) is 18.7. The Hall–Kier alpha value is -4.18. The number of hydrogen-bond acceptors (Lipinski definition) is 2. The van der Waals surface area contributed by atoms with Crippen LogP contribution in [0.2, 0.25) is 0 Å². The maximum absolute atomic E-state index is 4.85. The average Bonchev–Trinajstić information content (AvgIpc) is 3.40. The van der Waals surface area contributed by atoms with Gasteiger partial charge in [0.15, 0.2) is 0 Å². The predicted molar refractivity (Wildman–Crippen MR) is 135 cm³/mol. The maximum atomic E-state index is 4.85. The van der Waals surface area contributed by atoms with Crippen molar-refractivity contribution in [2.24, 2.45) is 0 Å². The molecule has 160 valence electrons. The Bertz CT molecular complexity index is 1610. The second kappa shape index (κ2) is 7.75. The number of rotatable bonds is 4. The number of benzene rings is 4. The van der Waals surface area contributed by atoms with E-state index in [1.165, 1.54) is 11.1 Å². The Morgan fingerprint density at radius 2 is 1.52 bits per heavy atom. The van der Waals surface area contributed by atoms with Crippen LogP contribution in [-0.4, -0.2) is 19.5 Å². The fourth-order valence-electron chi connectivity index (χ4n) is 4.51. The third-order valence-electron chi connectivity index (χ3n) is 6.23. The SMILES string of the molecule is Cc1cccc(-c2nc3ccc(-c4ccc5c(c4)nc(C)n5Cc4ccccc4)cc3[nH]2)c1. The standard InChI is InChI=1S/C29H24N4/c1-19-7-6-10-24(15-19)29-31-25-13-11-22(16-26(25)32-29)23-12-14-28-27(17-23)30-20(2)33(28)18-21-8-4-3-5-9-21/h3-17H,18H2,1-2H3,(H,31,32). The molecule has 0 aliphatic heterocycles. The second-order valence-corrected chi connectivity index (χ2v) is 8.62. The maximum Gasteiger partial charge on any atom is 0.138 e. The van der Waals surface area contributed by atoms with Gasteiger partial charge in [-0.2, -0.15) is 0 Å². The van der Waals surface area contributed by atoms with E-state index in [9.17, 15) is 0 Å². The molecule has 2 aromatic heterocycles. The van der Waals surface area contributed by atoms with Crippen molar-refractivity contribution >= 4 is 22.1 Å². The molecule has 0 bridgehead atoms. The minimum atomic E-state index is 0.824. The van der Waals surface area contributed by atoms with Crippen LogP contribution in [0.1, 0.15) is 17.0 Å². The van der Waals surface area contributed by atoms with E-state index in [1.807, 2.05) is 0 Å². The van der Waals surface area contributed by atoms with Gasteiger partial charge in [0, 0.05) is 12.1 Å². The molecule has 6 aromatic rings. The summed E-state index contributed by atoms with van der Waals surface area (Å²) in [6, 6.07) is 31.9. The lowest BCUT2D eigenvalue weighted by atomic mass is 10.0. The van der Waals surface area contributed by atoms with E-state index < -0.39 is 0 Å². The topological polar surface area (TPSA) is 46.5 Å². The smallest absolute Gasteiger partial charge is 0.138 e. The summed E-state index contributed by atoms with van der Waals surface area (Å²) in [5.41, 5.74) is 10.1. The van der Waals surface area contributed by atoms with E-state index in [4.69, 9.17) is 9.97 Å². The highest BCUT2D eigenvalue weighted by Crippen LogP contribution is 2.29. The molecule has 0 aliphatic rings. The molecular weight excluding hydrogens is 404 g/mol. The molecule has 0 unspecified atom stereocenters. The van der Waals surface area contributed by atoms with Crippen molar-refractivity contribution in [3.8, 4) is 22.5 Å². The van der Waals surface area contributed by atoms with Gasteiger partial charge in [-0.15, -0.1) is 0 Å². The average molecular weight is 429 g/mol. The minimum absolute atomic E-state index is 0.824. The van der Waals surface area contributed by atoms with Gasteiger partial charge in [-0.25, -0.2) is 9.97 Å². The van der Waals surface area contributed by atoms with Gasteiger partial charge in [-0.1, -0.05) is 66.2 Å². The summed E-state index contributed by atoms with van der Waals surface area (Å²) in [6.45, 7) is 5.00. The third kappa shape index (κ3) is 3.60. The largest absolute Gasteiger partial charge is 0.338 e. The number of aromatic nitrogens is 4. The van der Waals surface area contributed by atoms with Crippen molar-refractivity contribution in [1.29, 1.82) is 0 Å². The molecule has 2 heterocycles. The van der Waals surface area contributed by atoms with Gasteiger partial charge in [-0.05, 0) is 60.9 Å². The van der Waals surface area contributed by atoms with Gasteiger partial charge >= 0.3 is 0 Å². The van der Waals surface area contributed by atoms with E-state index in [0.29, 0.717) is 0 Å². The van der Waals surface area contributed by atoms with Gasteiger partial charge in [0.05, 0.1) is 22.1 Å². The van der Waals surface area contributed by atoms with Crippen LogP contribution in [0.15, 0.2) is 91.0 Å². The monoisotopic (exact) mass is 428 g/mol. The first-order chi connectivity index (χ1) is 16.1. The molecule has 6 rings (SSSR count). The van der Waals surface area contributed by atoms with Gasteiger partial charge in [0.2, 0.25) is 0 Å². The van der Waals surface area contributed by atoms with Crippen LogP contribution in [0.5, 0.6) is 0 Å². The number of H-pyrrole nitrogens is 1. The summed E-state index contributed by atoms with van der Waals surface area (Å²) in [4.78, 5) is 13.1. The first-order valence-electron chi connectivity index (χ1n) is 11.2. The van der Waals surface area contributed by atoms with E-state index in [0.717, 1.165) is 57.0 Å². The number of imidazole rings is 2. The third-order valence-corrected chi connectivity index (χ3v) is 6.23. The first-order valence-corrected chi connectivity index (χ1v) is 11.2. The van der Waals surface area contributed by atoms with Gasteiger partial charge in [-0.3, -0.25) is 0 Å². The Morgan fingerprint density at radius 3 is 2.36 bits per heavy atom. The van der Waals surface area contributed by atoms with E-state index in [-0.39, 0.29) is 0 Å². The highest BCUT2D eigenvalue weighted by atomic mass is 15.1. The van der Waals surface area contributed by atoms with Crippen LogP contribution in [0, 0.1) is 13.8 Å². The quantitative estimate of drug-likeness (QED) is 0.331. The highest BCUT2D eigenvalue weighted by Gasteiger charge is 2.11. The molecule has 0 fully saturated rings. The summed E-state index contributed by atoms with van der Waals surface area (Å²) in [7, 11) is 0. The number of aryl methyl sites for hydroxylation is 2. The van der Waals surface area contributed by atoms with E-state index in [1.54, 1.807) is 0 Å². The van der Waals surface area contributed by atoms with Crippen molar-refractivity contribution in [2.45, 2.75) is 20.4 Å². The van der Waals surface area contributed by atoms with Crippen molar-refractivity contribution in [3.63, 3.8) is 0 Å². The molecule has 0 aliphatic carbocycles. The molecule has 4 nitrogen and oxygen atoms in total. The number of nitrogens with one attached hydrogen (secondary N) is 1. The Balaban J connectivity index is 1.37. The molecular formula is C29H24N4. The molecule has 1 N–H and O–H groups in total. The number of aromatic amines is 1. The van der Waals surface area contributed by atoms with Crippen LogP contribution in [0.3, 0.4) is 0 Å². The molecule has 0 amide bonds. The summed E-state index contributed by atoms with van der Waals surface area (Å²) in [6.07, 6.45) is 0. The lowest BCUT2D eigenvalue weighted by molar-refractivity contribution is 0.786. The molecule has 33 heavy (non-hydrogen) atoms. The van der Waals surface area contributed by atoms with E-state index in [2.05, 4.69) is 114 Å². The van der Waals surface area contributed by atoms with E-state index >= 15 is 0 Å². The normalized spacial score (nSPS) is 11.5. The molecule has 0 spiro atoms. The van der Waals surface area contributed by atoms with Crippen LogP contribution in [-0.2, 0) is 6.54 Å². The molecule has 4 aromatic carbocycles. The second-order valence-electron chi connectivity index (χ2n) is 8.62. The fraction of sp³-hybridized carbons (Fsp3) is 0.103. The summed E-state index contributed by atoms with van der Waals surface area (Å²) < 4.78 is 2.28. The number of fused-ring (bicyclic) bond motifs is 2. The lowest BCUT2D eigenvalue weighted by Crippen LogP contribution is -2.01. The number of hydrogen-bond donors (Lipinski definition) is 1. The minimum Gasteiger partial charge on any atom is -0.338 e. The summed E-state index contributed by atoms with van der Waals surface area (Å²) >= 11 is 0. The highest BCUT2D eigenvalue weighted by molar-refractivity contribution is 5.88. The Kier molecular flexibility index (Phi) is 4.58. The first kappa shape index (κ1) is 19.5. The van der Waals surface area contributed by atoms with Gasteiger partial charge < -0.3 is 9.55 Å². The predicted octanol–water partition coefficient (Wildman–Crippen LogP) is 6.91. The lowest BCUT2D eigenvalue weighted by Gasteiger charge is -2.07. The number of nitrogens with zero attached hydrogens (tertiary/aromatic N) is 3. The molecule has 4 heteroatoms. The van der Waals surface area contributed by atoms with Crippen LogP contribution < -0.4 is 0 Å². The van der Waals surface area contributed by atoms with Gasteiger partial charge in [0.25, 0.3) is 0 Å². The zero-order valence-electron chi connectivity index (χ0n) is 18.7. The summed E-state index contributed by atoms with van der Waals surface area (Å²) in [5.74, 6) is 1.93. The van der Waals surface area contributed by atoms with Crippen LogP contribution in [0.4, 0.5) is 0 Å². The molecule has 0 atom stereocenters. The van der Waals surface area contributed by atoms with Crippen LogP contribution >= 0.6 is 0 Å².